The molecule has 0 aliphatic carbocycles. The molecule has 0 atom stereocenters. The van der Waals surface area contributed by atoms with Crippen molar-refractivity contribution in [1.29, 1.82) is 0 Å². The van der Waals surface area contributed by atoms with Crippen LogP contribution in [0.5, 0.6) is 0 Å². The SMILES string of the molecule is CCOC(=O)c1cnn(-c2cccc(-c3cccc4c3N(Cc3ccc5c(c3)CCNC5)CC4)n2)c1C(F)(F)F. The number of ether oxygens (including phenoxy) is 1. The zero-order valence-electron chi connectivity index (χ0n) is 22.0. The van der Waals surface area contributed by atoms with Crippen LogP contribution in [0.1, 0.15) is 45.2 Å². The van der Waals surface area contributed by atoms with Crippen LogP contribution in [0.4, 0.5) is 18.9 Å². The molecule has 2 aromatic carbocycles. The van der Waals surface area contributed by atoms with E-state index in [4.69, 9.17) is 4.74 Å². The number of pyridine rings is 1. The fourth-order valence-electron chi connectivity index (χ4n) is 5.59. The average Bonchev–Trinajstić information content (AvgIpc) is 3.59. The molecule has 4 heterocycles. The number of benzene rings is 2. The summed E-state index contributed by atoms with van der Waals surface area (Å²) in [6, 6.07) is 17.5. The van der Waals surface area contributed by atoms with Crippen LogP contribution in [-0.2, 0) is 36.8 Å². The lowest BCUT2D eigenvalue weighted by atomic mass is 9.98. The third kappa shape index (κ3) is 4.83. The van der Waals surface area contributed by atoms with Gasteiger partial charge in [-0.15, -0.1) is 0 Å². The van der Waals surface area contributed by atoms with Crippen molar-refractivity contribution in [3.05, 3.63) is 94.3 Å². The summed E-state index contributed by atoms with van der Waals surface area (Å²) >= 11 is 0. The van der Waals surface area contributed by atoms with Gasteiger partial charge < -0.3 is 15.0 Å². The number of esters is 1. The largest absolute Gasteiger partial charge is 0.462 e. The minimum absolute atomic E-state index is 0.0363. The number of fused-ring (bicyclic) bond motifs is 2. The normalized spacial score (nSPS) is 14.7. The Hall–Kier alpha value is -4.18. The van der Waals surface area contributed by atoms with Crippen molar-refractivity contribution in [3.63, 3.8) is 0 Å². The smallest absolute Gasteiger partial charge is 0.434 e. The molecule has 7 nitrogen and oxygen atoms in total. The zero-order chi connectivity index (χ0) is 27.9. The van der Waals surface area contributed by atoms with Crippen LogP contribution in [-0.4, -0.2) is 40.4 Å². The molecule has 0 saturated carbocycles. The van der Waals surface area contributed by atoms with Gasteiger partial charge in [0.2, 0.25) is 0 Å². The van der Waals surface area contributed by atoms with E-state index in [1.165, 1.54) is 35.2 Å². The van der Waals surface area contributed by atoms with Gasteiger partial charge in [0.05, 0.1) is 18.5 Å². The second-order valence-electron chi connectivity index (χ2n) is 9.93. The van der Waals surface area contributed by atoms with E-state index in [0.717, 1.165) is 56.5 Å². The van der Waals surface area contributed by atoms with Gasteiger partial charge in [0.15, 0.2) is 11.5 Å². The zero-order valence-corrected chi connectivity index (χ0v) is 22.0. The highest BCUT2D eigenvalue weighted by Gasteiger charge is 2.41. The number of rotatable bonds is 6. The van der Waals surface area contributed by atoms with Gasteiger partial charge in [0, 0.05) is 30.9 Å². The van der Waals surface area contributed by atoms with Crippen molar-refractivity contribution in [1.82, 2.24) is 20.1 Å². The van der Waals surface area contributed by atoms with E-state index in [1.54, 1.807) is 12.1 Å². The van der Waals surface area contributed by atoms with Crippen molar-refractivity contribution in [3.8, 4) is 17.1 Å². The number of hydrogen-bond acceptors (Lipinski definition) is 6. The molecule has 0 amide bonds. The molecule has 206 valence electrons. The lowest BCUT2D eigenvalue weighted by Gasteiger charge is -2.24. The van der Waals surface area contributed by atoms with E-state index in [0.29, 0.717) is 10.4 Å². The quantitative estimate of drug-likeness (QED) is 0.329. The highest BCUT2D eigenvalue weighted by molar-refractivity contribution is 5.91. The van der Waals surface area contributed by atoms with E-state index in [2.05, 4.69) is 44.6 Å². The standard InChI is InChI=1S/C30H28F3N5O2/c1-2-40-29(39)24-17-35-38(28(24)30(31,32)33)26-8-4-7-25(36-26)23-6-3-5-20-12-14-37(27(20)23)18-19-9-10-22-16-34-13-11-21(22)15-19/h3-10,15,17,34H,2,11-14,16,18H2,1H3. The number of aromatic nitrogens is 3. The monoisotopic (exact) mass is 547 g/mol. The summed E-state index contributed by atoms with van der Waals surface area (Å²) in [4.78, 5) is 19.1. The van der Waals surface area contributed by atoms with Crippen LogP contribution in [0.25, 0.3) is 17.1 Å². The van der Waals surface area contributed by atoms with Crippen LogP contribution >= 0.6 is 0 Å². The van der Waals surface area contributed by atoms with Crippen LogP contribution in [0.15, 0.2) is 60.8 Å². The van der Waals surface area contributed by atoms with Crippen LogP contribution < -0.4 is 10.2 Å². The highest BCUT2D eigenvalue weighted by atomic mass is 19.4. The first-order valence-corrected chi connectivity index (χ1v) is 13.3. The first-order valence-electron chi connectivity index (χ1n) is 13.3. The summed E-state index contributed by atoms with van der Waals surface area (Å²) in [5, 5.41) is 7.29. The Kier molecular flexibility index (Phi) is 6.79. The highest BCUT2D eigenvalue weighted by Crippen LogP contribution is 2.39. The summed E-state index contributed by atoms with van der Waals surface area (Å²) in [5.74, 6) is -1.11. The maximum absolute atomic E-state index is 14.1. The maximum atomic E-state index is 14.1. The molecular formula is C30H28F3N5O2. The second-order valence-corrected chi connectivity index (χ2v) is 9.93. The average molecular weight is 548 g/mol. The number of halogens is 3. The number of alkyl halides is 3. The third-order valence-corrected chi connectivity index (χ3v) is 7.38. The summed E-state index contributed by atoms with van der Waals surface area (Å²) < 4.78 is 47.8. The van der Waals surface area contributed by atoms with E-state index >= 15 is 0 Å². The number of para-hydroxylation sites is 1. The molecule has 1 N–H and O–H groups in total. The molecule has 40 heavy (non-hydrogen) atoms. The van der Waals surface area contributed by atoms with Crippen molar-refractivity contribution < 1.29 is 22.7 Å². The predicted octanol–water partition coefficient (Wildman–Crippen LogP) is 5.34. The van der Waals surface area contributed by atoms with E-state index < -0.39 is 23.4 Å². The van der Waals surface area contributed by atoms with Crippen molar-refractivity contribution in [2.24, 2.45) is 0 Å². The molecule has 0 spiro atoms. The number of hydrogen-bond donors (Lipinski definition) is 1. The van der Waals surface area contributed by atoms with Crippen LogP contribution in [0, 0.1) is 0 Å². The summed E-state index contributed by atoms with van der Waals surface area (Å²) in [6.45, 7) is 4.92. The number of anilines is 1. The van der Waals surface area contributed by atoms with Crippen molar-refractivity contribution in [2.75, 3.05) is 24.6 Å². The Bertz CT molecular complexity index is 1580. The van der Waals surface area contributed by atoms with Gasteiger partial charge in [-0.25, -0.2) is 14.5 Å². The molecule has 2 aliphatic rings. The van der Waals surface area contributed by atoms with Gasteiger partial charge >= 0.3 is 12.1 Å². The van der Waals surface area contributed by atoms with Crippen LogP contribution in [0.2, 0.25) is 0 Å². The molecule has 0 radical (unpaired) electrons. The molecule has 10 heteroatoms. The summed E-state index contributed by atoms with van der Waals surface area (Å²) in [5.41, 5.74) is 5.66. The van der Waals surface area contributed by atoms with Crippen LogP contribution in [0.3, 0.4) is 0 Å². The second kappa shape index (κ2) is 10.4. The fraction of sp³-hybridized carbons (Fsp3) is 0.300. The summed E-state index contributed by atoms with van der Waals surface area (Å²) in [6.07, 6.45) is -2.08. The Morgan fingerprint density at radius 1 is 1.05 bits per heavy atom. The third-order valence-electron chi connectivity index (χ3n) is 7.38. The Balaban J connectivity index is 1.36. The van der Waals surface area contributed by atoms with Crippen molar-refractivity contribution >= 4 is 11.7 Å². The number of nitrogens with one attached hydrogen (secondary N) is 1. The number of carbonyl (C=O) groups excluding carboxylic acids is 1. The first-order chi connectivity index (χ1) is 19.3. The van der Waals surface area contributed by atoms with Gasteiger partial charge in [0.25, 0.3) is 0 Å². The molecule has 0 unspecified atom stereocenters. The number of carbonyl (C=O) groups is 1. The molecule has 0 fully saturated rings. The molecule has 2 aromatic heterocycles. The minimum Gasteiger partial charge on any atom is -0.462 e. The summed E-state index contributed by atoms with van der Waals surface area (Å²) in [7, 11) is 0. The molecule has 0 bridgehead atoms. The molecule has 0 saturated heterocycles. The number of nitrogens with zero attached hydrogens (tertiary/aromatic N) is 4. The van der Waals surface area contributed by atoms with Gasteiger partial charge in [-0.1, -0.05) is 42.5 Å². The van der Waals surface area contributed by atoms with Crippen molar-refractivity contribution in [2.45, 2.75) is 39.0 Å². The lowest BCUT2D eigenvalue weighted by molar-refractivity contribution is -0.143. The molecule has 6 rings (SSSR count). The van der Waals surface area contributed by atoms with Gasteiger partial charge in [0.1, 0.15) is 5.56 Å². The Morgan fingerprint density at radius 2 is 1.90 bits per heavy atom. The van der Waals surface area contributed by atoms with E-state index in [-0.39, 0.29) is 12.4 Å². The topological polar surface area (TPSA) is 72.3 Å². The minimum atomic E-state index is -4.84. The predicted molar refractivity (Wildman–Crippen MR) is 144 cm³/mol. The fourth-order valence-corrected chi connectivity index (χ4v) is 5.59. The van der Waals surface area contributed by atoms with Gasteiger partial charge in [-0.3, -0.25) is 0 Å². The lowest BCUT2D eigenvalue weighted by Crippen LogP contribution is -2.24. The Labute approximate surface area is 229 Å². The molecule has 2 aliphatic heterocycles. The first kappa shape index (κ1) is 26.1. The van der Waals surface area contributed by atoms with Gasteiger partial charge in [-0.2, -0.15) is 18.3 Å². The molecular weight excluding hydrogens is 519 g/mol. The van der Waals surface area contributed by atoms with E-state index in [1.807, 2.05) is 12.1 Å². The Morgan fingerprint density at radius 3 is 2.73 bits per heavy atom. The van der Waals surface area contributed by atoms with E-state index in [9.17, 15) is 18.0 Å². The molecule has 4 aromatic rings. The maximum Gasteiger partial charge on any atom is 0.434 e. The van der Waals surface area contributed by atoms with Gasteiger partial charge in [-0.05, 0) is 60.7 Å².